The van der Waals surface area contributed by atoms with Crippen LogP contribution < -0.4 is 5.73 Å². The van der Waals surface area contributed by atoms with Crippen molar-refractivity contribution >= 4 is 15.9 Å². The van der Waals surface area contributed by atoms with Crippen molar-refractivity contribution in [3.8, 4) is 5.75 Å². The zero-order valence-corrected chi connectivity index (χ0v) is 10.1. The van der Waals surface area contributed by atoms with Gasteiger partial charge in [-0.3, -0.25) is 4.68 Å². The molecular weight excluding hydrogens is 270 g/mol. The number of aromatic hydroxyl groups is 1. The molecule has 0 bridgehead atoms. The normalized spacial score (nSPS) is 12.6. The molecule has 0 saturated carbocycles. The number of hydrogen-bond acceptors (Lipinski definition) is 3. The molecule has 1 heterocycles. The Morgan fingerprint density at radius 2 is 2.31 bits per heavy atom. The smallest absolute Gasteiger partial charge is 0.115 e. The van der Waals surface area contributed by atoms with Gasteiger partial charge in [-0.1, -0.05) is 12.1 Å². The third kappa shape index (κ3) is 2.62. The van der Waals surface area contributed by atoms with Crippen molar-refractivity contribution in [2.45, 2.75) is 12.6 Å². The lowest BCUT2D eigenvalue weighted by Gasteiger charge is -2.12. The fourth-order valence-electron chi connectivity index (χ4n) is 1.50. The molecule has 3 N–H and O–H groups in total. The maximum absolute atomic E-state index is 9.35. The second kappa shape index (κ2) is 4.67. The summed E-state index contributed by atoms with van der Waals surface area (Å²) in [5.41, 5.74) is 6.91. The van der Waals surface area contributed by atoms with E-state index >= 15 is 0 Å². The van der Waals surface area contributed by atoms with Crippen LogP contribution in [-0.4, -0.2) is 14.9 Å². The first-order valence-electron chi connectivity index (χ1n) is 4.87. The number of benzene rings is 1. The van der Waals surface area contributed by atoms with Gasteiger partial charge in [-0.15, -0.1) is 0 Å². The molecule has 0 aliphatic heterocycles. The fourth-order valence-corrected chi connectivity index (χ4v) is 1.83. The van der Waals surface area contributed by atoms with Crippen molar-refractivity contribution in [2.75, 3.05) is 0 Å². The lowest BCUT2D eigenvalue weighted by atomic mass is 10.1. The van der Waals surface area contributed by atoms with Crippen molar-refractivity contribution in [1.82, 2.24) is 9.78 Å². The Morgan fingerprint density at radius 1 is 1.50 bits per heavy atom. The molecule has 0 amide bonds. The standard InChI is InChI=1S/C11H12BrN3O/c12-9-5-14-15(6-9)7-11(13)8-2-1-3-10(16)4-8/h1-6,11,16H,7,13H2. The Labute approximate surface area is 102 Å². The zero-order valence-electron chi connectivity index (χ0n) is 8.55. The Balaban J connectivity index is 2.11. The first kappa shape index (κ1) is 11.2. The number of phenolic OH excluding ortho intramolecular Hbond substituents is 1. The third-order valence-corrected chi connectivity index (χ3v) is 2.69. The van der Waals surface area contributed by atoms with Crippen LogP contribution in [0.3, 0.4) is 0 Å². The van der Waals surface area contributed by atoms with Crippen molar-refractivity contribution in [3.63, 3.8) is 0 Å². The first-order chi connectivity index (χ1) is 7.65. The minimum absolute atomic E-state index is 0.182. The Morgan fingerprint density at radius 3 is 2.94 bits per heavy atom. The molecule has 0 aliphatic carbocycles. The number of aromatic nitrogens is 2. The van der Waals surface area contributed by atoms with Crippen LogP contribution in [0.5, 0.6) is 5.75 Å². The SMILES string of the molecule is NC(Cn1cc(Br)cn1)c1cccc(O)c1. The van der Waals surface area contributed by atoms with E-state index in [1.807, 2.05) is 12.3 Å². The molecule has 5 heteroatoms. The average molecular weight is 282 g/mol. The highest BCUT2D eigenvalue weighted by Gasteiger charge is 2.08. The summed E-state index contributed by atoms with van der Waals surface area (Å²) >= 11 is 3.33. The van der Waals surface area contributed by atoms with Gasteiger partial charge in [0, 0.05) is 12.2 Å². The van der Waals surface area contributed by atoms with E-state index in [9.17, 15) is 5.11 Å². The van der Waals surface area contributed by atoms with E-state index in [1.165, 1.54) is 0 Å². The number of halogens is 1. The zero-order chi connectivity index (χ0) is 11.5. The predicted octanol–water partition coefficient (Wildman–Crippen LogP) is 2.05. The van der Waals surface area contributed by atoms with E-state index in [-0.39, 0.29) is 11.8 Å². The third-order valence-electron chi connectivity index (χ3n) is 2.28. The number of rotatable bonds is 3. The van der Waals surface area contributed by atoms with E-state index in [2.05, 4.69) is 21.0 Å². The Kier molecular flexibility index (Phi) is 3.26. The minimum atomic E-state index is -0.182. The Bertz CT molecular complexity index is 484. The van der Waals surface area contributed by atoms with E-state index in [4.69, 9.17) is 5.73 Å². The van der Waals surface area contributed by atoms with Crippen LogP contribution in [-0.2, 0) is 6.54 Å². The molecular formula is C11H12BrN3O. The molecule has 0 saturated heterocycles. The lowest BCUT2D eigenvalue weighted by Crippen LogP contribution is -2.17. The summed E-state index contributed by atoms with van der Waals surface area (Å²) in [4.78, 5) is 0. The molecule has 16 heavy (non-hydrogen) atoms. The monoisotopic (exact) mass is 281 g/mol. The highest BCUT2D eigenvalue weighted by atomic mass is 79.9. The highest BCUT2D eigenvalue weighted by Crippen LogP contribution is 2.18. The van der Waals surface area contributed by atoms with Gasteiger partial charge in [0.25, 0.3) is 0 Å². The molecule has 1 atom stereocenters. The van der Waals surface area contributed by atoms with E-state index < -0.39 is 0 Å². The summed E-state index contributed by atoms with van der Waals surface area (Å²) in [6.07, 6.45) is 3.58. The van der Waals surface area contributed by atoms with Crippen LogP contribution in [0.15, 0.2) is 41.1 Å². The molecule has 0 radical (unpaired) electrons. The predicted molar refractivity (Wildman–Crippen MR) is 65.0 cm³/mol. The summed E-state index contributed by atoms with van der Waals surface area (Å²) in [6.45, 7) is 0.578. The minimum Gasteiger partial charge on any atom is -0.508 e. The molecule has 1 aromatic carbocycles. The van der Waals surface area contributed by atoms with Crippen molar-refractivity contribution in [1.29, 1.82) is 0 Å². The lowest BCUT2D eigenvalue weighted by molar-refractivity contribution is 0.471. The molecule has 1 unspecified atom stereocenters. The van der Waals surface area contributed by atoms with E-state index in [0.717, 1.165) is 10.0 Å². The first-order valence-corrected chi connectivity index (χ1v) is 5.67. The molecule has 0 aliphatic rings. The number of nitrogens with two attached hydrogens (primary N) is 1. The van der Waals surface area contributed by atoms with Gasteiger partial charge in [0.1, 0.15) is 5.75 Å². The number of hydrogen-bond donors (Lipinski definition) is 2. The van der Waals surface area contributed by atoms with Gasteiger partial charge in [0.05, 0.1) is 17.2 Å². The van der Waals surface area contributed by atoms with Gasteiger partial charge < -0.3 is 10.8 Å². The summed E-state index contributed by atoms with van der Waals surface area (Å²) in [5, 5.41) is 13.5. The largest absolute Gasteiger partial charge is 0.508 e. The molecule has 2 aromatic rings. The van der Waals surface area contributed by atoms with Crippen LogP contribution in [0.1, 0.15) is 11.6 Å². The quantitative estimate of drug-likeness (QED) is 0.905. The summed E-state index contributed by atoms with van der Waals surface area (Å²) in [6, 6.07) is 6.79. The van der Waals surface area contributed by atoms with Crippen LogP contribution in [0.4, 0.5) is 0 Å². The van der Waals surface area contributed by atoms with Gasteiger partial charge in [-0.2, -0.15) is 5.10 Å². The summed E-state index contributed by atoms with van der Waals surface area (Å²) in [5.74, 6) is 0.231. The van der Waals surface area contributed by atoms with Gasteiger partial charge in [0.2, 0.25) is 0 Å². The van der Waals surface area contributed by atoms with Gasteiger partial charge in [-0.25, -0.2) is 0 Å². The maximum atomic E-state index is 9.35. The molecule has 4 nitrogen and oxygen atoms in total. The second-order valence-corrected chi connectivity index (χ2v) is 4.50. The van der Waals surface area contributed by atoms with Crippen LogP contribution >= 0.6 is 15.9 Å². The fraction of sp³-hybridized carbons (Fsp3) is 0.182. The molecule has 2 rings (SSSR count). The highest BCUT2D eigenvalue weighted by molar-refractivity contribution is 9.10. The molecule has 0 fully saturated rings. The van der Waals surface area contributed by atoms with E-state index in [0.29, 0.717) is 6.54 Å². The van der Waals surface area contributed by atoms with Gasteiger partial charge >= 0.3 is 0 Å². The molecule has 84 valence electrons. The summed E-state index contributed by atoms with van der Waals surface area (Å²) in [7, 11) is 0. The summed E-state index contributed by atoms with van der Waals surface area (Å²) < 4.78 is 2.69. The maximum Gasteiger partial charge on any atom is 0.115 e. The van der Waals surface area contributed by atoms with Gasteiger partial charge in [-0.05, 0) is 33.6 Å². The topological polar surface area (TPSA) is 64.1 Å². The second-order valence-electron chi connectivity index (χ2n) is 3.58. The van der Waals surface area contributed by atoms with Crippen molar-refractivity contribution in [2.24, 2.45) is 5.73 Å². The average Bonchev–Trinajstić information content (AvgIpc) is 2.64. The number of phenols is 1. The van der Waals surface area contributed by atoms with Crippen LogP contribution in [0.2, 0.25) is 0 Å². The Hall–Kier alpha value is -1.33. The van der Waals surface area contributed by atoms with Crippen molar-refractivity contribution in [3.05, 3.63) is 46.7 Å². The van der Waals surface area contributed by atoms with Crippen LogP contribution in [0, 0.1) is 0 Å². The molecule has 0 spiro atoms. The van der Waals surface area contributed by atoms with E-state index in [1.54, 1.807) is 29.1 Å². The van der Waals surface area contributed by atoms with Crippen molar-refractivity contribution < 1.29 is 5.11 Å². The number of nitrogens with zero attached hydrogens (tertiary/aromatic N) is 2. The van der Waals surface area contributed by atoms with Crippen LogP contribution in [0.25, 0.3) is 0 Å². The molecule has 1 aromatic heterocycles. The van der Waals surface area contributed by atoms with Gasteiger partial charge in [0.15, 0.2) is 0 Å².